The maximum atomic E-state index is 12.2. The minimum Gasteiger partial charge on any atom is -0.299 e. The fourth-order valence-electron chi connectivity index (χ4n) is 1.66. The molecular weight excluding hydrogens is 247 g/mol. The Morgan fingerprint density at radius 3 is 2.56 bits per heavy atom. The highest BCUT2D eigenvalue weighted by atomic mass is 35.5. The second kappa shape index (κ2) is 3.60. The van der Waals surface area contributed by atoms with Crippen molar-refractivity contribution in [2.45, 2.75) is 17.7 Å². The van der Waals surface area contributed by atoms with Gasteiger partial charge in [0.25, 0.3) is 0 Å². The van der Waals surface area contributed by atoms with Gasteiger partial charge in [0.05, 0.1) is 5.41 Å². The number of anilines is 1. The Hall–Kier alpha value is -0.800. The Kier molecular flexibility index (Phi) is 2.63. The van der Waals surface area contributed by atoms with Crippen molar-refractivity contribution in [3.8, 4) is 0 Å². The zero-order chi connectivity index (χ0) is 12.0. The molecule has 1 aliphatic carbocycles. The van der Waals surface area contributed by atoms with Crippen LogP contribution < -0.4 is 4.90 Å². The van der Waals surface area contributed by atoms with E-state index in [1.54, 1.807) is 32.3 Å². The van der Waals surface area contributed by atoms with Crippen molar-refractivity contribution < 1.29 is 4.79 Å². The molecule has 0 saturated heterocycles. The molecule has 16 heavy (non-hydrogen) atoms. The maximum absolute atomic E-state index is 12.2. The summed E-state index contributed by atoms with van der Waals surface area (Å²) in [5.74, 6) is 0.501. The van der Waals surface area contributed by atoms with Gasteiger partial charge in [-0.05, 0) is 25.5 Å². The first-order valence-corrected chi connectivity index (χ1v) is 5.71. The summed E-state index contributed by atoms with van der Waals surface area (Å²) in [5.41, 5.74) is -0.692. The van der Waals surface area contributed by atoms with Crippen molar-refractivity contribution in [2.75, 3.05) is 11.9 Å². The SMILES string of the molecule is CN(C(=O)[C@]1(C)CC1(Cl)Cl)c1ccccn1. The Labute approximate surface area is 104 Å². The van der Waals surface area contributed by atoms with E-state index in [2.05, 4.69) is 4.98 Å². The van der Waals surface area contributed by atoms with E-state index >= 15 is 0 Å². The van der Waals surface area contributed by atoms with E-state index in [-0.39, 0.29) is 5.91 Å². The largest absolute Gasteiger partial charge is 0.299 e. The number of rotatable bonds is 2. The summed E-state index contributed by atoms with van der Waals surface area (Å²) in [6.07, 6.45) is 2.13. The van der Waals surface area contributed by atoms with Crippen LogP contribution in [0.4, 0.5) is 5.82 Å². The standard InChI is InChI=1S/C11H12Cl2N2O/c1-10(7-11(10,12)13)9(16)15(2)8-5-3-4-6-14-8/h3-6H,7H2,1-2H3/t10-/m0/s1. The first-order valence-electron chi connectivity index (χ1n) is 4.95. The molecule has 0 N–H and O–H groups in total. The number of hydrogen-bond acceptors (Lipinski definition) is 2. The lowest BCUT2D eigenvalue weighted by atomic mass is 10.1. The molecule has 5 heteroatoms. The quantitative estimate of drug-likeness (QED) is 0.765. The minimum atomic E-state index is -0.937. The molecule has 1 aromatic heterocycles. The van der Waals surface area contributed by atoms with E-state index in [1.165, 1.54) is 4.90 Å². The third-order valence-corrected chi connectivity index (χ3v) is 4.13. The number of carbonyl (C=O) groups is 1. The van der Waals surface area contributed by atoms with Crippen LogP contribution in [0.1, 0.15) is 13.3 Å². The number of alkyl halides is 2. The molecule has 0 radical (unpaired) electrons. The van der Waals surface area contributed by atoms with Crippen LogP contribution in [0.3, 0.4) is 0 Å². The van der Waals surface area contributed by atoms with Gasteiger partial charge in [0.1, 0.15) is 10.2 Å². The predicted octanol–water partition coefficient (Wildman–Crippen LogP) is 2.63. The van der Waals surface area contributed by atoms with Gasteiger partial charge in [-0.2, -0.15) is 0 Å². The highest BCUT2D eigenvalue weighted by molar-refractivity contribution is 6.53. The van der Waals surface area contributed by atoms with Gasteiger partial charge in [0.15, 0.2) is 0 Å². The Balaban J connectivity index is 2.19. The molecule has 0 aliphatic heterocycles. The number of amides is 1. The third kappa shape index (κ3) is 1.68. The number of halogens is 2. The summed E-state index contributed by atoms with van der Waals surface area (Å²) in [7, 11) is 1.68. The van der Waals surface area contributed by atoms with Gasteiger partial charge in [-0.15, -0.1) is 23.2 Å². The molecule has 1 saturated carbocycles. The normalized spacial score (nSPS) is 26.2. The van der Waals surface area contributed by atoms with Gasteiger partial charge in [-0.3, -0.25) is 9.69 Å². The van der Waals surface area contributed by atoms with Gasteiger partial charge < -0.3 is 0 Å². The lowest BCUT2D eigenvalue weighted by molar-refractivity contribution is -0.122. The fraction of sp³-hybridized carbons (Fsp3) is 0.455. The maximum Gasteiger partial charge on any atom is 0.236 e. The summed E-state index contributed by atoms with van der Waals surface area (Å²) in [6.45, 7) is 1.77. The summed E-state index contributed by atoms with van der Waals surface area (Å²) in [5, 5.41) is 0. The van der Waals surface area contributed by atoms with Crippen molar-refractivity contribution in [3.05, 3.63) is 24.4 Å². The van der Waals surface area contributed by atoms with Gasteiger partial charge >= 0.3 is 0 Å². The van der Waals surface area contributed by atoms with Crippen LogP contribution in [0.25, 0.3) is 0 Å². The van der Waals surface area contributed by atoms with Crippen LogP contribution in [0.2, 0.25) is 0 Å². The van der Waals surface area contributed by atoms with Crippen LogP contribution >= 0.6 is 23.2 Å². The van der Waals surface area contributed by atoms with Crippen LogP contribution in [0.5, 0.6) is 0 Å². The number of nitrogens with zero attached hydrogens (tertiary/aromatic N) is 2. The van der Waals surface area contributed by atoms with Gasteiger partial charge in [-0.1, -0.05) is 6.07 Å². The van der Waals surface area contributed by atoms with Crippen molar-refractivity contribution in [2.24, 2.45) is 5.41 Å². The molecule has 1 aliphatic rings. The molecule has 1 aromatic rings. The van der Waals surface area contributed by atoms with E-state index in [0.717, 1.165) is 0 Å². The van der Waals surface area contributed by atoms with Gasteiger partial charge in [0, 0.05) is 13.2 Å². The van der Waals surface area contributed by atoms with Gasteiger partial charge in [-0.25, -0.2) is 4.98 Å². The average Bonchev–Trinajstić information content (AvgIpc) is 2.79. The molecular formula is C11H12Cl2N2O. The molecule has 0 bridgehead atoms. The summed E-state index contributed by atoms with van der Waals surface area (Å²) >= 11 is 11.9. The zero-order valence-electron chi connectivity index (χ0n) is 9.08. The second-order valence-electron chi connectivity index (χ2n) is 4.27. The molecule has 3 nitrogen and oxygen atoms in total. The average molecular weight is 259 g/mol. The van der Waals surface area contributed by atoms with E-state index in [1.807, 2.05) is 6.07 Å². The lowest BCUT2D eigenvalue weighted by Crippen LogP contribution is -2.35. The summed E-state index contributed by atoms with van der Waals surface area (Å²) < 4.78 is -0.937. The number of hydrogen-bond donors (Lipinski definition) is 0. The Morgan fingerprint density at radius 2 is 2.12 bits per heavy atom. The molecule has 0 aromatic carbocycles. The first-order chi connectivity index (χ1) is 7.38. The van der Waals surface area contributed by atoms with Crippen LogP contribution in [0.15, 0.2) is 24.4 Å². The first kappa shape index (κ1) is 11.7. The number of pyridine rings is 1. The van der Waals surface area contributed by atoms with E-state index in [9.17, 15) is 4.79 Å². The summed E-state index contributed by atoms with van der Waals surface area (Å²) in [6, 6.07) is 5.40. The molecule has 86 valence electrons. The monoisotopic (exact) mass is 258 g/mol. The molecule has 2 rings (SSSR count). The summed E-state index contributed by atoms with van der Waals surface area (Å²) in [4.78, 5) is 17.8. The highest BCUT2D eigenvalue weighted by Crippen LogP contribution is 2.64. The van der Waals surface area contributed by atoms with Crippen LogP contribution in [-0.2, 0) is 4.79 Å². The molecule has 1 atom stereocenters. The van der Waals surface area contributed by atoms with Crippen molar-refractivity contribution in [1.29, 1.82) is 0 Å². The fourth-order valence-corrected chi connectivity index (χ4v) is 2.35. The van der Waals surface area contributed by atoms with Crippen molar-refractivity contribution >= 4 is 34.9 Å². The minimum absolute atomic E-state index is 0.101. The van der Waals surface area contributed by atoms with Crippen molar-refractivity contribution in [1.82, 2.24) is 4.98 Å². The molecule has 0 spiro atoms. The van der Waals surface area contributed by atoms with E-state index in [0.29, 0.717) is 12.2 Å². The molecule has 1 fully saturated rings. The molecule has 0 unspecified atom stereocenters. The number of aromatic nitrogens is 1. The smallest absolute Gasteiger partial charge is 0.236 e. The van der Waals surface area contributed by atoms with E-state index in [4.69, 9.17) is 23.2 Å². The zero-order valence-corrected chi connectivity index (χ0v) is 10.6. The Bertz CT molecular complexity index is 421. The molecule has 1 heterocycles. The van der Waals surface area contributed by atoms with E-state index < -0.39 is 9.75 Å². The van der Waals surface area contributed by atoms with Crippen LogP contribution in [-0.4, -0.2) is 22.3 Å². The Morgan fingerprint density at radius 1 is 1.50 bits per heavy atom. The topological polar surface area (TPSA) is 33.2 Å². The third-order valence-electron chi connectivity index (χ3n) is 3.03. The van der Waals surface area contributed by atoms with Crippen LogP contribution in [0, 0.1) is 5.41 Å². The van der Waals surface area contributed by atoms with Crippen molar-refractivity contribution in [3.63, 3.8) is 0 Å². The van der Waals surface area contributed by atoms with Gasteiger partial charge in [0.2, 0.25) is 5.91 Å². The number of carbonyl (C=O) groups excluding carboxylic acids is 1. The highest BCUT2D eigenvalue weighted by Gasteiger charge is 2.68. The lowest BCUT2D eigenvalue weighted by Gasteiger charge is -2.21. The predicted molar refractivity (Wildman–Crippen MR) is 64.8 cm³/mol. The molecule has 1 amide bonds. The second-order valence-corrected chi connectivity index (χ2v) is 5.75.